The van der Waals surface area contributed by atoms with Gasteiger partial charge in [0.25, 0.3) is 5.91 Å². The second kappa shape index (κ2) is 7.41. The Bertz CT molecular complexity index is 897. The zero-order valence-electron chi connectivity index (χ0n) is 14.8. The summed E-state index contributed by atoms with van der Waals surface area (Å²) in [6, 6.07) is 9.34. The minimum Gasteiger partial charge on any atom is -0.350 e. The first-order valence-corrected chi connectivity index (χ1v) is 10.3. The number of nitrogens with zero attached hydrogens (tertiary/aromatic N) is 3. The number of aryl methyl sites for hydroxylation is 1. The zero-order chi connectivity index (χ0) is 18.7. The molecule has 1 fully saturated rings. The van der Waals surface area contributed by atoms with Gasteiger partial charge in [-0.25, -0.2) is 18.4 Å². The van der Waals surface area contributed by atoms with E-state index in [9.17, 15) is 13.2 Å². The first-order valence-electron chi connectivity index (χ1n) is 8.44. The molecule has 3 rings (SSSR count). The molecule has 1 saturated heterocycles. The summed E-state index contributed by atoms with van der Waals surface area (Å²) in [5, 5.41) is 3.11. The predicted molar refractivity (Wildman–Crippen MR) is 99.7 cm³/mol. The Morgan fingerprint density at radius 3 is 2.65 bits per heavy atom. The summed E-state index contributed by atoms with van der Waals surface area (Å²) in [6.45, 7) is 2.58. The van der Waals surface area contributed by atoms with Gasteiger partial charge in [0, 0.05) is 25.8 Å². The number of nitrogens with one attached hydrogen (secondary N) is 1. The smallest absolute Gasteiger partial charge is 0.272 e. The highest BCUT2D eigenvalue weighted by atomic mass is 32.2. The first-order chi connectivity index (χ1) is 12.3. The zero-order valence-corrected chi connectivity index (χ0v) is 15.7. The van der Waals surface area contributed by atoms with Gasteiger partial charge in [-0.05, 0) is 25.0 Å². The standard InChI is InChI=1S/C18H22N4O3S/c1-13-3-5-14(6-4-13)11-20-18-19-9-7-16(21-18)17(23)22(2)15-8-10-26(24,25)12-15/h3-7,9,15H,8,10-12H2,1-2H3,(H,19,20,21). The van der Waals surface area contributed by atoms with Crippen LogP contribution < -0.4 is 5.32 Å². The summed E-state index contributed by atoms with van der Waals surface area (Å²) in [4.78, 5) is 22.5. The van der Waals surface area contributed by atoms with Crippen LogP contribution in [0.1, 0.15) is 28.0 Å². The monoisotopic (exact) mass is 374 g/mol. The summed E-state index contributed by atoms with van der Waals surface area (Å²) in [5.41, 5.74) is 2.52. The molecule has 1 atom stereocenters. The van der Waals surface area contributed by atoms with Crippen LogP contribution in [-0.2, 0) is 16.4 Å². The van der Waals surface area contributed by atoms with Gasteiger partial charge in [-0.15, -0.1) is 0 Å². The minimum absolute atomic E-state index is 0.0128. The first kappa shape index (κ1) is 18.3. The summed E-state index contributed by atoms with van der Waals surface area (Å²) in [5.74, 6) is 0.207. The number of rotatable bonds is 5. The van der Waals surface area contributed by atoms with Crippen LogP contribution in [0.2, 0.25) is 0 Å². The maximum absolute atomic E-state index is 12.6. The van der Waals surface area contributed by atoms with E-state index in [-0.39, 0.29) is 29.1 Å². The van der Waals surface area contributed by atoms with Crippen LogP contribution in [0.3, 0.4) is 0 Å². The molecule has 26 heavy (non-hydrogen) atoms. The number of sulfone groups is 1. The number of carbonyl (C=O) groups excluding carboxylic acids is 1. The van der Waals surface area contributed by atoms with Crippen molar-refractivity contribution in [3.8, 4) is 0 Å². The van der Waals surface area contributed by atoms with Crippen molar-refractivity contribution in [3.63, 3.8) is 0 Å². The fraction of sp³-hybridized carbons (Fsp3) is 0.389. The third-order valence-corrected chi connectivity index (χ3v) is 6.27. The van der Waals surface area contributed by atoms with Crippen molar-refractivity contribution in [3.05, 3.63) is 53.3 Å². The molecule has 1 N–H and O–H groups in total. The molecule has 2 heterocycles. The molecule has 1 amide bonds. The molecule has 7 nitrogen and oxygen atoms in total. The van der Waals surface area contributed by atoms with Gasteiger partial charge >= 0.3 is 0 Å². The van der Waals surface area contributed by atoms with Gasteiger partial charge in [0.2, 0.25) is 5.95 Å². The Morgan fingerprint density at radius 1 is 1.27 bits per heavy atom. The van der Waals surface area contributed by atoms with Crippen molar-refractivity contribution in [2.45, 2.75) is 25.9 Å². The minimum atomic E-state index is -3.05. The largest absolute Gasteiger partial charge is 0.350 e. The topological polar surface area (TPSA) is 92.3 Å². The van der Waals surface area contributed by atoms with Crippen molar-refractivity contribution in [1.29, 1.82) is 0 Å². The normalized spacial score (nSPS) is 18.5. The molecule has 1 aliphatic rings. The Labute approximate surface area is 153 Å². The summed E-state index contributed by atoms with van der Waals surface area (Å²) in [6.07, 6.45) is 1.99. The molecular weight excluding hydrogens is 352 g/mol. The van der Waals surface area contributed by atoms with Crippen molar-refractivity contribution >= 4 is 21.7 Å². The third kappa shape index (κ3) is 4.37. The molecule has 0 aliphatic carbocycles. The molecule has 1 aromatic carbocycles. The highest BCUT2D eigenvalue weighted by Crippen LogP contribution is 2.18. The molecule has 0 radical (unpaired) electrons. The average molecular weight is 374 g/mol. The summed E-state index contributed by atoms with van der Waals surface area (Å²) >= 11 is 0. The molecule has 1 aliphatic heterocycles. The predicted octanol–water partition coefficient (Wildman–Crippen LogP) is 1.66. The van der Waals surface area contributed by atoms with Crippen LogP contribution in [0.25, 0.3) is 0 Å². The maximum atomic E-state index is 12.6. The van der Waals surface area contributed by atoms with Crippen LogP contribution in [-0.4, -0.2) is 53.8 Å². The third-order valence-electron chi connectivity index (χ3n) is 4.52. The number of amides is 1. The molecular formula is C18H22N4O3S. The summed E-state index contributed by atoms with van der Waals surface area (Å²) in [7, 11) is -1.43. The lowest BCUT2D eigenvalue weighted by atomic mass is 10.1. The van der Waals surface area contributed by atoms with E-state index in [0.29, 0.717) is 18.9 Å². The van der Waals surface area contributed by atoms with Gasteiger partial charge in [-0.2, -0.15) is 0 Å². The van der Waals surface area contributed by atoms with Gasteiger partial charge in [0.1, 0.15) is 5.69 Å². The molecule has 0 bridgehead atoms. The molecule has 0 spiro atoms. The van der Waals surface area contributed by atoms with Crippen LogP contribution in [0.4, 0.5) is 5.95 Å². The number of carbonyl (C=O) groups is 1. The highest BCUT2D eigenvalue weighted by Gasteiger charge is 2.33. The lowest BCUT2D eigenvalue weighted by molar-refractivity contribution is 0.0741. The molecule has 1 aromatic heterocycles. The lowest BCUT2D eigenvalue weighted by Gasteiger charge is -2.23. The molecule has 2 aromatic rings. The van der Waals surface area contributed by atoms with Gasteiger partial charge in [0.05, 0.1) is 11.5 Å². The number of hydrogen-bond acceptors (Lipinski definition) is 6. The van der Waals surface area contributed by atoms with Crippen molar-refractivity contribution < 1.29 is 13.2 Å². The van der Waals surface area contributed by atoms with Crippen molar-refractivity contribution in [1.82, 2.24) is 14.9 Å². The summed E-state index contributed by atoms with van der Waals surface area (Å²) < 4.78 is 23.3. The molecule has 8 heteroatoms. The number of benzene rings is 1. The van der Waals surface area contributed by atoms with E-state index in [4.69, 9.17) is 0 Å². The van der Waals surface area contributed by atoms with Crippen molar-refractivity contribution in [2.24, 2.45) is 0 Å². The maximum Gasteiger partial charge on any atom is 0.272 e. The van der Waals surface area contributed by atoms with E-state index in [1.54, 1.807) is 13.1 Å². The average Bonchev–Trinajstić information content (AvgIpc) is 3.00. The lowest BCUT2D eigenvalue weighted by Crippen LogP contribution is -2.38. The molecule has 138 valence electrons. The highest BCUT2D eigenvalue weighted by molar-refractivity contribution is 7.91. The van der Waals surface area contributed by atoms with Gasteiger partial charge in [-0.1, -0.05) is 29.8 Å². The van der Waals surface area contributed by atoms with E-state index in [1.165, 1.54) is 16.7 Å². The fourth-order valence-corrected chi connectivity index (χ4v) is 4.65. The second-order valence-electron chi connectivity index (χ2n) is 6.58. The van der Waals surface area contributed by atoms with Crippen LogP contribution in [0.15, 0.2) is 36.5 Å². The fourth-order valence-electron chi connectivity index (χ4n) is 2.88. The molecule has 1 unspecified atom stereocenters. The number of aromatic nitrogens is 2. The Hall–Kier alpha value is -2.48. The number of hydrogen-bond donors (Lipinski definition) is 1. The quantitative estimate of drug-likeness (QED) is 0.856. The Morgan fingerprint density at radius 2 is 2.00 bits per heavy atom. The van der Waals surface area contributed by atoms with Crippen LogP contribution >= 0.6 is 0 Å². The van der Waals surface area contributed by atoms with E-state index >= 15 is 0 Å². The van der Waals surface area contributed by atoms with E-state index in [1.807, 2.05) is 31.2 Å². The van der Waals surface area contributed by atoms with Crippen LogP contribution in [0, 0.1) is 6.92 Å². The Kier molecular flexibility index (Phi) is 5.22. The molecule has 0 saturated carbocycles. The van der Waals surface area contributed by atoms with E-state index in [2.05, 4.69) is 15.3 Å². The van der Waals surface area contributed by atoms with Gasteiger partial charge in [0.15, 0.2) is 9.84 Å². The van der Waals surface area contributed by atoms with Gasteiger partial charge < -0.3 is 10.2 Å². The second-order valence-corrected chi connectivity index (χ2v) is 8.81. The number of anilines is 1. The SMILES string of the molecule is Cc1ccc(CNc2nccc(C(=O)N(C)C3CCS(=O)(=O)C3)n2)cc1. The van der Waals surface area contributed by atoms with Gasteiger partial charge in [-0.3, -0.25) is 4.79 Å². The van der Waals surface area contributed by atoms with Crippen molar-refractivity contribution in [2.75, 3.05) is 23.9 Å². The van der Waals surface area contributed by atoms with Crippen LogP contribution in [0.5, 0.6) is 0 Å². The van der Waals surface area contributed by atoms with E-state index < -0.39 is 9.84 Å². The Balaban J connectivity index is 1.66. The van der Waals surface area contributed by atoms with E-state index in [0.717, 1.165) is 5.56 Å².